The van der Waals surface area contributed by atoms with Crippen LogP contribution < -0.4 is 5.73 Å². The first kappa shape index (κ1) is 9.95. The minimum atomic E-state index is -1.16. The molecule has 70 valence electrons. The van der Waals surface area contributed by atoms with E-state index in [4.69, 9.17) is 22.4 Å². The van der Waals surface area contributed by atoms with Gasteiger partial charge in [-0.25, -0.2) is 9.18 Å². The molecule has 0 amide bonds. The summed E-state index contributed by atoms with van der Waals surface area (Å²) in [6.45, 7) is -0.0767. The van der Waals surface area contributed by atoms with Crippen LogP contribution in [0.25, 0.3) is 0 Å². The molecule has 1 rings (SSSR count). The van der Waals surface area contributed by atoms with Gasteiger partial charge in [0, 0.05) is 12.1 Å². The fraction of sp³-hybridized carbons (Fsp3) is 0.125. The largest absolute Gasteiger partial charge is 0.478 e. The summed E-state index contributed by atoms with van der Waals surface area (Å²) in [5.41, 5.74) is 5.24. The standard InChI is InChI=1S/C8H7ClFNO2/c9-6-2-4(8(12)13)1-5(3-11)7(6)10/h1-2H,3,11H2,(H,12,13). The third-order valence-corrected chi connectivity index (χ3v) is 1.85. The Bertz CT molecular complexity index is 354. The van der Waals surface area contributed by atoms with Gasteiger partial charge in [-0.1, -0.05) is 11.6 Å². The lowest BCUT2D eigenvalue weighted by molar-refractivity contribution is 0.0696. The predicted molar refractivity (Wildman–Crippen MR) is 46.3 cm³/mol. The molecule has 0 aromatic heterocycles. The highest BCUT2D eigenvalue weighted by Gasteiger charge is 2.11. The van der Waals surface area contributed by atoms with Crippen LogP contribution in [0.15, 0.2) is 12.1 Å². The molecular weight excluding hydrogens is 197 g/mol. The van der Waals surface area contributed by atoms with Gasteiger partial charge in [-0.15, -0.1) is 0 Å². The van der Waals surface area contributed by atoms with Crippen LogP contribution in [0.3, 0.4) is 0 Å². The molecule has 0 radical (unpaired) electrons. The van der Waals surface area contributed by atoms with Gasteiger partial charge in [0.05, 0.1) is 10.6 Å². The second-order valence-electron chi connectivity index (χ2n) is 2.44. The average molecular weight is 204 g/mol. The highest BCUT2D eigenvalue weighted by molar-refractivity contribution is 6.31. The lowest BCUT2D eigenvalue weighted by atomic mass is 10.1. The molecule has 1 aromatic carbocycles. The monoisotopic (exact) mass is 203 g/mol. The van der Waals surface area contributed by atoms with Gasteiger partial charge in [-0.3, -0.25) is 0 Å². The number of benzene rings is 1. The first-order chi connectivity index (χ1) is 6.06. The highest BCUT2D eigenvalue weighted by Crippen LogP contribution is 2.20. The first-order valence-corrected chi connectivity index (χ1v) is 3.85. The van der Waals surface area contributed by atoms with Crippen LogP contribution in [0.2, 0.25) is 5.02 Å². The molecule has 0 saturated carbocycles. The Morgan fingerprint density at radius 1 is 1.62 bits per heavy atom. The van der Waals surface area contributed by atoms with Crippen LogP contribution in [0.1, 0.15) is 15.9 Å². The van der Waals surface area contributed by atoms with E-state index in [1.165, 1.54) is 6.07 Å². The molecule has 5 heteroatoms. The summed E-state index contributed by atoms with van der Waals surface area (Å²) >= 11 is 5.45. The zero-order valence-corrected chi connectivity index (χ0v) is 7.31. The summed E-state index contributed by atoms with van der Waals surface area (Å²) in [6, 6.07) is 2.22. The first-order valence-electron chi connectivity index (χ1n) is 3.47. The van der Waals surface area contributed by atoms with Gasteiger partial charge in [0.25, 0.3) is 0 Å². The molecular formula is C8H7ClFNO2. The molecule has 0 bridgehead atoms. The van der Waals surface area contributed by atoms with Crippen LogP contribution >= 0.6 is 11.6 Å². The maximum atomic E-state index is 13.0. The average Bonchev–Trinajstić information content (AvgIpc) is 2.09. The lowest BCUT2D eigenvalue weighted by Crippen LogP contribution is -2.04. The van der Waals surface area contributed by atoms with E-state index in [1.807, 2.05) is 0 Å². The minimum Gasteiger partial charge on any atom is -0.478 e. The second kappa shape index (κ2) is 3.72. The van der Waals surface area contributed by atoms with E-state index >= 15 is 0 Å². The maximum absolute atomic E-state index is 13.0. The molecule has 0 fully saturated rings. The van der Waals surface area contributed by atoms with Crippen LogP contribution in [-0.2, 0) is 6.54 Å². The maximum Gasteiger partial charge on any atom is 0.335 e. The lowest BCUT2D eigenvalue weighted by Gasteiger charge is -2.03. The summed E-state index contributed by atoms with van der Waals surface area (Å²) in [5, 5.41) is 8.38. The van der Waals surface area contributed by atoms with E-state index in [-0.39, 0.29) is 22.7 Å². The topological polar surface area (TPSA) is 63.3 Å². The number of halogens is 2. The molecule has 0 spiro atoms. The van der Waals surface area contributed by atoms with Crippen molar-refractivity contribution in [3.63, 3.8) is 0 Å². The smallest absolute Gasteiger partial charge is 0.335 e. The number of carboxylic acids is 1. The number of aromatic carboxylic acids is 1. The van der Waals surface area contributed by atoms with E-state index in [0.717, 1.165) is 6.07 Å². The molecule has 0 aliphatic heterocycles. The van der Waals surface area contributed by atoms with Crippen molar-refractivity contribution < 1.29 is 14.3 Å². The molecule has 13 heavy (non-hydrogen) atoms. The third-order valence-electron chi connectivity index (χ3n) is 1.57. The molecule has 0 aliphatic carbocycles. The number of hydrogen-bond acceptors (Lipinski definition) is 2. The number of carboxylic acid groups (broad SMARTS) is 1. The number of carbonyl (C=O) groups is 1. The summed E-state index contributed by atoms with van der Waals surface area (Å²) in [6.07, 6.45) is 0. The highest BCUT2D eigenvalue weighted by atomic mass is 35.5. The van der Waals surface area contributed by atoms with Crippen LogP contribution in [0.4, 0.5) is 4.39 Å². The van der Waals surface area contributed by atoms with Gasteiger partial charge < -0.3 is 10.8 Å². The van der Waals surface area contributed by atoms with Crippen molar-refractivity contribution in [2.45, 2.75) is 6.54 Å². The van der Waals surface area contributed by atoms with Crippen molar-refractivity contribution in [3.05, 3.63) is 34.1 Å². The number of nitrogens with two attached hydrogens (primary N) is 1. The zero-order chi connectivity index (χ0) is 10.0. The van der Waals surface area contributed by atoms with Crippen molar-refractivity contribution in [2.24, 2.45) is 5.73 Å². The summed E-state index contributed by atoms with van der Waals surface area (Å²) in [4.78, 5) is 10.5. The summed E-state index contributed by atoms with van der Waals surface area (Å²) < 4.78 is 13.0. The minimum absolute atomic E-state index is 0.0631. The molecule has 1 aromatic rings. The molecule has 0 atom stereocenters. The Labute approximate surface area is 78.9 Å². The van der Waals surface area contributed by atoms with E-state index in [1.54, 1.807) is 0 Å². The van der Waals surface area contributed by atoms with Gasteiger partial charge >= 0.3 is 5.97 Å². The van der Waals surface area contributed by atoms with Gasteiger partial charge in [-0.05, 0) is 12.1 Å². The predicted octanol–water partition coefficient (Wildman–Crippen LogP) is 1.64. The SMILES string of the molecule is NCc1cc(C(=O)O)cc(Cl)c1F. The van der Waals surface area contributed by atoms with Crippen molar-refractivity contribution in [1.82, 2.24) is 0 Å². The van der Waals surface area contributed by atoms with E-state index < -0.39 is 11.8 Å². The normalized spacial score (nSPS) is 10.1. The van der Waals surface area contributed by atoms with Crippen molar-refractivity contribution in [3.8, 4) is 0 Å². The molecule has 0 aliphatic rings. The quantitative estimate of drug-likeness (QED) is 0.768. The Morgan fingerprint density at radius 2 is 2.23 bits per heavy atom. The van der Waals surface area contributed by atoms with Crippen molar-refractivity contribution in [1.29, 1.82) is 0 Å². The van der Waals surface area contributed by atoms with Crippen LogP contribution in [-0.4, -0.2) is 11.1 Å². The molecule has 0 unspecified atom stereocenters. The van der Waals surface area contributed by atoms with Gasteiger partial charge in [0.1, 0.15) is 5.82 Å². The molecule has 0 heterocycles. The second-order valence-corrected chi connectivity index (χ2v) is 2.85. The van der Waals surface area contributed by atoms with Gasteiger partial charge in [-0.2, -0.15) is 0 Å². The molecule has 0 saturated heterocycles. The van der Waals surface area contributed by atoms with Crippen LogP contribution in [0, 0.1) is 5.82 Å². The fourth-order valence-corrected chi connectivity index (χ4v) is 1.16. The number of rotatable bonds is 2. The Morgan fingerprint density at radius 3 is 2.69 bits per heavy atom. The fourth-order valence-electron chi connectivity index (χ4n) is 0.918. The van der Waals surface area contributed by atoms with Crippen molar-refractivity contribution in [2.75, 3.05) is 0 Å². The van der Waals surface area contributed by atoms with Crippen molar-refractivity contribution >= 4 is 17.6 Å². The summed E-state index contributed by atoms with van der Waals surface area (Å²) in [7, 11) is 0. The Kier molecular flexibility index (Phi) is 2.85. The zero-order valence-electron chi connectivity index (χ0n) is 6.55. The Balaban J connectivity index is 3.30. The van der Waals surface area contributed by atoms with E-state index in [2.05, 4.69) is 0 Å². The van der Waals surface area contributed by atoms with Gasteiger partial charge in [0.15, 0.2) is 0 Å². The Hall–Kier alpha value is -1.13. The molecule has 3 nitrogen and oxygen atoms in total. The van der Waals surface area contributed by atoms with E-state index in [9.17, 15) is 9.18 Å². The molecule has 3 N–H and O–H groups in total. The van der Waals surface area contributed by atoms with Gasteiger partial charge in [0.2, 0.25) is 0 Å². The van der Waals surface area contributed by atoms with E-state index in [0.29, 0.717) is 0 Å². The number of hydrogen-bond donors (Lipinski definition) is 2. The summed E-state index contributed by atoms with van der Waals surface area (Å²) in [5.74, 6) is -1.81. The third kappa shape index (κ3) is 1.96. The van der Waals surface area contributed by atoms with Crippen LogP contribution in [0.5, 0.6) is 0 Å².